The highest BCUT2D eigenvalue weighted by molar-refractivity contribution is 5.92. The number of benzene rings is 9. The minimum Gasteiger partial charge on any atom is -0.310 e. The van der Waals surface area contributed by atoms with Crippen LogP contribution in [-0.4, -0.2) is 0 Å². The van der Waals surface area contributed by atoms with E-state index >= 15 is 0 Å². The van der Waals surface area contributed by atoms with Gasteiger partial charge >= 0.3 is 0 Å². The van der Waals surface area contributed by atoms with Crippen LogP contribution in [0, 0.1) is 0 Å². The molecule has 1 heteroatoms. The lowest BCUT2D eigenvalue weighted by atomic mass is 9.74. The van der Waals surface area contributed by atoms with Crippen LogP contribution in [-0.2, 0) is 10.8 Å². The zero-order valence-electron chi connectivity index (χ0n) is 33.1. The summed E-state index contributed by atoms with van der Waals surface area (Å²) in [6.07, 6.45) is 0. The molecule has 1 unspecified atom stereocenters. The second kappa shape index (κ2) is 13.0. The molecule has 0 heterocycles. The largest absolute Gasteiger partial charge is 0.310 e. The summed E-state index contributed by atoms with van der Waals surface area (Å²) in [5.41, 5.74) is 20.1. The second-order valence-electron chi connectivity index (χ2n) is 16.7. The van der Waals surface area contributed by atoms with Crippen molar-refractivity contribution in [3.8, 4) is 44.5 Å². The predicted octanol–water partition coefficient (Wildman–Crippen LogP) is 15.3. The molecule has 11 rings (SSSR count). The number of nitrogens with zero attached hydrogens (tertiary/aromatic N) is 1. The summed E-state index contributed by atoms with van der Waals surface area (Å²) >= 11 is 0. The number of hydrogen-bond acceptors (Lipinski definition) is 1. The Labute approximate surface area is 341 Å². The van der Waals surface area contributed by atoms with Gasteiger partial charge in [-0.2, -0.15) is 0 Å². The van der Waals surface area contributed by atoms with Gasteiger partial charge in [-0.3, -0.25) is 0 Å². The van der Waals surface area contributed by atoms with E-state index in [0.717, 1.165) is 17.1 Å². The van der Waals surface area contributed by atoms with Crippen molar-refractivity contribution in [2.24, 2.45) is 0 Å². The van der Waals surface area contributed by atoms with Crippen molar-refractivity contribution in [3.05, 3.63) is 234 Å². The Bertz CT molecular complexity index is 3040. The molecule has 0 aromatic heterocycles. The number of rotatable bonds is 6. The third-order valence-corrected chi connectivity index (χ3v) is 13.1. The molecule has 2 aliphatic rings. The van der Waals surface area contributed by atoms with Crippen LogP contribution in [0.2, 0.25) is 0 Å². The Hall–Kier alpha value is -6.96. The summed E-state index contributed by atoms with van der Waals surface area (Å²) in [5, 5.41) is 2.46. The quantitative estimate of drug-likeness (QED) is 0.164. The van der Waals surface area contributed by atoms with Gasteiger partial charge in [0.1, 0.15) is 0 Å². The number of fused-ring (bicyclic) bond motifs is 7. The maximum absolute atomic E-state index is 2.43. The molecule has 9 aromatic carbocycles. The lowest BCUT2D eigenvalue weighted by Crippen LogP contribution is -2.22. The molecule has 0 amide bonds. The van der Waals surface area contributed by atoms with Crippen LogP contribution in [0.25, 0.3) is 55.3 Å². The van der Waals surface area contributed by atoms with Crippen molar-refractivity contribution in [1.29, 1.82) is 0 Å². The molecule has 276 valence electrons. The maximum atomic E-state index is 2.43. The molecular weight excluding hydrogens is 699 g/mol. The summed E-state index contributed by atoms with van der Waals surface area (Å²) in [7, 11) is 0. The molecule has 58 heavy (non-hydrogen) atoms. The van der Waals surface area contributed by atoms with E-state index in [4.69, 9.17) is 0 Å². The second-order valence-corrected chi connectivity index (χ2v) is 16.7. The molecule has 0 fully saturated rings. The highest BCUT2D eigenvalue weighted by atomic mass is 15.1. The van der Waals surface area contributed by atoms with Crippen molar-refractivity contribution >= 4 is 27.8 Å². The van der Waals surface area contributed by atoms with E-state index in [1.807, 2.05) is 0 Å². The summed E-state index contributed by atoms with van der Waals surface area (Å²) in [6, 6.07) is 76.4. The van der Waals surface area contributed by atoms with Gasteiger partial charge in [0.25, 0.3) is 0 Å². The van der Waals surface area contributed by atoms with Gasteiger partial charge in [0.15, 0.2) is 0 Å². The van der Waals surface area contributed by atoms with E-state index < -0.39 is 0 Å². The molecular formula is C57H43N. The summed E-state index contributed by atoms with van der Waals surface area (Å²) in [4.78, 5) is 2.41. The smallest absolute Gasteiger partial charge is 0.0468 e. The molecule has 0 radical (unpaired) electrons. The molecule has 0 aliphatic heterocycles. The summed E-state index contributed by atoms with van der Waals surface area (Å²) in [5.74, 6) is 0. The van der Waals surface area contributed by atoms with Gasteiger partial charge in [0, 0.05) is 27.9 Å². The third-order valence-electron chi connectivity index (χ3n) is 13.1. The SMILES string of the molecule is CC1(C)c2ccccc2-c2cccc(-c3cccc(N(c4ccc(-c5ccc6c(c5)C(C)(c5ccccc5)c5ccccc5-6)cc4)c4ccc5ccccc5c4)c3)c21. The van der Waals surface area contributed by atoms with Crippen LogP contribution in [0.15, 0.2) is 206 Å². The topological polar surface area (TPSA) is 3.24 Å². The highest BCUT2D eigenvalue weighted by Crippen LogP contribution is 2.54. The van der Waals surface area contributed by atoms with Crippen LogP contribution < -0.4 is 4.90 Å². The minimum atomic E-state index is -0.238. The summed E-state index contributed by atoms with van der Waals surface area (Å²) in [6.45, 7) is 7.13. The van der Waals surface area contributed by atoms with Crippen LogP contribution in [0.3, 0.4) is 0 Å². The Morgan fingerprint density at radius 1 is 0.328 bits per heavy atom. The fourth-order valence-corrected chi connectivity index (χ4v) is 10.2. The van der Waals surface area contributed by atoms with E-state index in [1.54, 1.807) is 0 Å². The van der Waals surface area contributed by atoms with Crippen molar-refractivity contribution in [2.75, 3.05) is 4.90 Å². The zero-order valence-corrected chi connectivity index (χ0v) is 33.1. The highest BCUT2D eigenvalue weighted by Gasteiger charge is 2.41. The molecule has 0 bridgehead atoms. The van der Waals surface area contributed by atoms with E-state index in [0.29, 0.717) is 0 Å². The monoisotopic (exact) mass is 741 g/mol. The standard InChI is InChI=1S/C57H43N/c1-56(2)52-25-11-9-22-49(52)51-24-14-23-47(55(51)56)42-17-13-20-45(36-42)58(46-33-29-38-15-7-8-16-40(38)35-46)44-31-27-39(28-32-44)41-30-34-50-48-21-10-12-26-53(48)57(3,54(50)37-41)43-18-5-4-6-19-43/h4-37H,1-3H3. The first-order valence-electron chi connectivity index (χ1n) is 20.4. The van der Waals surface area contributed by atoms with Gasteiger partial charge in [0.05, 0.1) is 0 Å². The Morgan fingerprint density at radius 2 is 0.914 bits per heavy atom. The molecule has 0 spiro atoms. The van der Waals surface area contributed by atoms with Crippen LogP contribution in [0.4, 0.5) is 17.1 Å². The first-order chi connectivity index (χ1) is 28.4. The van der Waals surface area contributed by atoms with Gasteiger partial charge in [-0.05, 0) is 132 Å². The van der Waals surface area contributed by atoms with Crippen molar-refractivity contribution in [3.63, 3.8) is 0 Å². The Balaban J connectivity index is 1.02. The van der Waals surface area contributed by atoms with Gasteiger partial charge in [-0.15, -0.1) is 0 Å². The van der Waals surface area contributed by atoms with Crippen LogP contribution in [0.1, 0.15) is 48.6 Å². The molecule has 0 saturated heterocycles. The molecule has 0 N–H and O–H groups in total. The van der Waals surface area contributed by atoms with Crippen molar-refractivity contribution in [2.45, 2.75) is 31.6 Å². The van der Waals surface area contributed by atoms with E-state index in [9.17, 15) is 0 Å². The maximum Gasteiger partial charge on any atom is 0.0468 e. The normalized spacial score (nSPS) is 15.7. The average Bonchev–Trinajstić information content (AvgIpc) is 3.68. The minimum absolute atomic E-state index is 0.106. The van der Waals surface area contributed by atoms with E-state index in [1.165, 1.54) is 83.1 Å². The lowest BCUT2D eigenvalue weighted by Gasteiger charge is -2.29. The third kappa shape index (κ3) is 5.16. The van der Waals surface area contributed by atoms with E-state index in [2.05, 4.69) is 232 Å². The van der Waals surface area contributed by atoms with Crippen LogP contribution >= 0.6 is 0 Å². The lowest BCUT2D eigenvalue weighted by molar-refractivity contribution is 0.662. The van der Waals surface area contributed by atoms with Crippen molar-refractivity contribution < 1.29 is 0 Å². The van der Waals surface area contributed by atoms with Crippen molar-refractivity contribution in [1.82, 2.24) is 0 Å². The first kappa shape index (κ1) is 34.3. The molecule has 2 aliphatic carbocycles. The zero-order chi connectivity index (χ0) is 39.0. The first-order valence-corrected chi connectivity index (χ1v) is 20.4. The van der Waals surface area contributed by atoms with Gasteiger partial charge in [-0.25, -0.2) is 0 Å². The van der Waals surface area contributed by atoms with E-state index in [-0.39, 0.29) is 10.8 Å². The molecule has 1 nitrogen and oxygen atoms in total. The fourth-order valence-electron chi connectivity index (χ4n) is 10.2. The van der Waals surface area contributed by atoms with Gasteiger partial charge in [0.2, 0.25) is 0 Å². The molecule has 9 aromatic rings. The Morgan fingerprint density at radius 3 is 1.72 bits per heavy atom. The predicted molar refractivity (Wildman–Crippen MR) is 245 cm³/mol. The average molecular weight is 742 g/mol. The molecule has 1 atom stereocenters. The van der Waals surface area contributed by atoms with Crippen LogP contribution in [0.5, 0.6) is 0 Å². The van der Waals surface area contributed by atoms with Gasteiger partial charge in [-0.1, -0.05) is 178 Å². The number of hydrogen-bond donors (Lipinski definition) is 0. The number of anilines is 3. The Kier molecular flexibility index (Phi) is 7.72. The van der Waals surface area contributed by atoms with Gasteiger partial charge < -0.3 is 4.90 Å². The fraction of sp³-hybridized carbons (Fsp3) is 0.0877. The summed E-state index contributed by atoms with van der Waals surface area (Å²) < 4.78 is 0. The molecule has 0 saturated carbocycles.